The Labute approximate surface area is 308 Å². The van der Waals surface area contributed by atoms with Crippen molar-refractivity contribution in [3.8, 4) is 11.1 Å². The molecule has 2 atom stereocenters. The molecule has 4 rings (SSSR count). The van der Waals surface area contributed by atoms with Crippen LogP contribution in [0.5, 0.6) is 0 Å². The van der Waals surface area contributed by atoms with E-state index in [0.29, 0.717) is 0 Å². The molecule has 0 fully saturated rings. The van der Waals surface area contributed by atoms with Crippen LogP contribution >= 0.6 is 18.5 Å². The van der Waals surface area contributed by atoms with Gasteiger partial charge in [-0.2, -0.15) is 0 Å². The van der Waals surface area contributed by atoms with Gasteiger partial charge < -0.3 is 0 Å². The van der Waals surface area contributed by atoms with E-state index in [2.05, 4.69) is 67.0 Å². The van der Waals surface area contributed by atoms with Crippen LogP contribution in [-0.4, -0.2) is 0 Å². The Bertz CT molecular complexity index is 882. The first-order chi connectivity index (χ1) is 12.8. The number of benzene rings is 3. The number of aryl methyl sites for hydroxylation is 1. The molecule has 0 N–H and O–H groups in total. The first kappa shape index (κ1) is 38.4. The van der Waals surface area contributed by atoms with E-state index in [-0.39, 0.29) is 151 Å². The van der Waals surface area contributed by atoms with E-state index in [4.69, 9.17) is 0 Å². The van der Waals surface area contributed by atoms with Gasteiger partial charge in [-0.05, 0) is 69.3 Å². The van der Waals surface area contributed by atoms with Gasteiger partial charge in [-0.25, -0.2) is 0 Å². The van der Waals surface area contributed by atoms with Crippen molar-refractivity contribution in [3.63, 3.8) is 0 Å². The zero-order valence-corrected chi connectivity index (χ0v) is 23.2. The van der Waals surface area contributed by atoms with Crippen molar-refractivity contribution in [3.05, 3.63) is 59.7 Å². The summed E-state index contributed by atoms with van der Waals surface area (Å²) in [5.41, 5.74) is 5.96. The first-order valence-electron chi connectivity index (χ1n) is 9.93. The molecule has 2 unspecified atom stereocenters. The molecule has 0 amide bonds. The molecule has 3 aromatic rings. The van der Waals surface area contributed by atoms with Crippen molar-refractivity contribution < 1.29 is 151 Å². The largest absolute Gasteiger partial charge is 0.105 e. The molecule has 3 aromatic carbocycles. The second-order valence-electron chi connectivity index (χ2n) is 6.13. The Hall–Kier alpha value is 3.82. The van der Waals surface area contributed by atoms with Gasteiger partial charge in [0, 0.05) is 151 Å². The third-order valence-electron chi connectivity index (χ3n) is 4.78. The summed E-state index contributed by atoms with van der Waals surface area (Å²) in [6.07, 6.45) is 5.07. The van der Waals surface area contributed by atoms with Crippen molar-refractivity contribution in [2.24, 2.45) is 0 Å². The summed E-state index contributed by atoms with van der Waals surface area (Å²) in [5, 5.41) is 5.29. The second-order valence-corrected chi connectivity index (χ2v) is 7.37. The van der Waals surface area contributed by atoms with Crippen LogP contribution in [0, 0.1) is 151 Å². The van der Waals surface area contributed by atoms with Crippen LogP contribution in [-0.2, 0) is 12.8 Å². The van der Waals surface area contributed by atoms with E-state index in [0.717, 1.165) is 0 Å². The summed E-state index contributed by atoms with van der Waals surface area (Å²) < 4.78 is 0. The van der Waals surface area contributed by atoms with Gasteiger partial charge in [0.2, 0.25) is 0 Å². The topological polar surface area (TPSA) is 0 Å². The fraction of sp³-hybridized carbons (Fsp3) is 0.333. The molecular weight excluding hydrogens is 510 g/mol. The summed E-state index contributed by atoms with van der Waals surface area (Å²) in [6.45, 7) is 8.00. The summed E-state index contributed by atoms with van der Waals surface area (Å²) >= 11 is 0. The molecule has 0 aliphatic heterocycles. The van der Waals surface area contributed by atoms with Crippen molar-refractivity contribution in [1.82, 2.24) is 0 Å². The minimum Gasteiger partial charge on any atom is -0.105 e. The SMILES string of the molecule is CC.CC.Pc1ccc2c(c1-c1c(P)ccc3ccccc13)CCCC2.[Ar].[Ar].[Ar].[Ar]. The number of hydrogen-bond donors (Lipinski definition) is 0. The van der Waals surface area contributed by atoms with Crippen LogP contribution in [0.25, 0.3) is 21.9 Å². The van der Waals surface area contributed by atoms with E-state index in [1.54, 1.807) is 11.1 Å². The number of rotatable bonds is 1. The molecule has 0 radical (unpaired) electrons. The third kappa shape index (κ3) is 9.70. The van der Waals surface area contributed by atoms with Gasteiger partial charge in [0.05, 0.1) is 0 Å². The molecule has 0 spiro atoms. The average molecular weight is 542 g/mol. The van der Waals surface area contributed by atoms with Crippen LogP contribution in [0.15, 0.2) is 48.5 Å². The molecule has 0 heterocycles. The summed E-state index contributed by atoms with van der Waals surface area (Å²) in [7, 11) is 5.89. The van der Waals surface area contributed by atoms with Crippen LogP contribution in [0.3, 0.4) is 0 Å². The summed E-state index contributed by atoms with van der Waals surface area (Å²) in [5.74, 6) is 0. The first-order valence-corrected chi connectivity index (χ1v) is 11.1. The summed E-state index contributed by atoms with van der Waals surface area (Å²) in [4.78, 5) is 0. The minimum atomic E-state index is 0. The Morgan fingerprint density at radius 2 is 1.13 bits per heavy atom. The Morgan fingerprint density at radius 3 is 1.80 bits per heavy atom. The fourth-order valence-electron chi connectivity index (χ4n) is 3.71. The van der Waals surface area contributed by atoms with E-state index >= 15 is 0 Å². The maximum atomic E-state index is 2.95. The quantitative estimate of drug-likeness (QED) is 0.311. The number of fused-ring (bicyclic) bond motifs is 2. The smallest absolute Gasteiger partial charge is 0 e. The van der Waals surface area contributed by atoms with E-state index in [9.17, 15) is 0 Å². The Balaban J connectivity index is -0.000000863. The molecule has 0 nitrogen and oxygen atoms in total. The molecule has 0 bridgehead atoms. The van der Waals surface area contributed by atoms with E-state index < -0.39 is 0 Å². The minimum absolute atomic E-state index is 0. The maximum Gasteiger partial charge on any atom is 0 e. The fourth-order valence-corrected chi connectivity index (χ4v) is 4.52. The molecule has 170 valence electrons. The van der Waals surface area contributed by atoms with Crippen molar-refractivity contribution in [2.45, 2.75) is 53.4 Å². The van der Waals surface area contributed by atoms with Crippen molar-refractivity contribution in [1.29, 1.82) is 0 Å². The molecule has 0 saturated heterocycles. The van der Waals surface area contributed by atoms with Gasteiger partial charge in [-0.15, -0.1) is 18.5 Å². The third-order valence-corrected chi connectivity index (χ3v) is 5.74. The maximum absolute atomic E-state index is 2.95. The zero-order chi connectivity index (χ0) is 19.1. The monoisotopic (exact) mass is 542 g/mol. The molecular formula is C24H32Ar4P2. The molecule has 6 heteroatoms. The van der Waals surface area contributed by atoms with Crippen LogP contribution in [0.4, 0.5) is 0 Å². The van der Waals surface area contributed by atoms with Gasteiger partial charge in [-0.1, -0.05) is 76.2 Å². The van der Waals surface area contributed by atoms with Gasteiger partial charge in [-0.3, -0.25) is 0 Å². The predicted molar refractivity (Wildman–Crippen MR) is 127 cm³/mol. The van der Waals surface area contributed by atoms with Gasteiger partial charge in [0.15, 0.2) is 0 Å². The van der Waals surface area contributed by atoms with Crippen molar-refractivity contribution >= 4 is 39.9 Å². The van der Waals surface area contributed by atoms with Crippen LogP contribution in [0.1, 0.15) is 51.7 Å². The molecule has 30 heavy (non-hydrogen) atoms. The summed E-state index contributed by atoms with van der Waals surface area (Å²) in [6, 6.07) is 17.8. The number of hydrogen-bond acceptors (Lipinski definition) is 0. The average Bonchev–Trinajstić information content (AvgIpc) is 2.72. The van der Waals surface area contributed by atoms with Gasteiger partial charge >= 0.3 is 0 Å². The molecule has 0 aromatic heterocycles. The van der Waals surface area contributed by atoms with Gasteiger partial charge in [0.1, 0.15) is 0 Å². The zero-order valence-electron chi connectivity index (χ0n) is 18.0. The molecule has 0 saturated carbocycles. The van der Waals surface area contributed by atoms with Crippen LogP contribution in [0.2, 0.25) is 0 Å². The van der Waals surface area contributed by atoms with E-state index in [1.807, 2.05) is 27.7 Å². The van der Waals surface area contributed by atoms with Gasteiger partial charge in [0.25, 0.3) is 0 Å². The second kappa shape index (κ2) is 21.0. The standard InChI is InChI=1S/C20H20P2.2C2H6.4Ar/c21-17-11-9-13-5-1-3-7-15(13)19(17)20-16-8-4-2-6-14(16)10-12-18(20)22;2*1-2;;;;/h1,3,5,7,9-12H,2,4,6,8,21-22H2;2*1-2H3;;;;. The van der Waals surface area contributed by atoms with E-state index in [1.165, 1.54) is 58.2 Å². The normalized spacial score (nSPS) is 10.7. The van der Waals surface area contributed by atoms with Crippen LogP contribution < -0.4 is 10.6 Å². The Kier molecular flexibility index (Phi) is 26.8. The Morgan fingerprint density at radius 1 is 0.600 bits per heavy atom. The predicted octanol–water partition coefficient (Wildman–Crippen LogP) is 6.44. The molecule has 1 aliphatic carbocycles. The van der Waals surface area contributed by atoms with Crippen molar-refractivity contribution in [2.75, 3.05) is 0 Å². The molecule has 1 aliphatic rings.